The number of ether oxygens (including phenoxy) is 1. The van der Waals surface area contributed by atoms with Crippen molar-refractivity contribution < 1.29 is 9.84 Å². The molecule has 1 heterocycles. The quantitative estimate of drug-likeness (QED) is 0.623. The lowest BCUT2D eigenvalue weighted by atomic mass is 10.4. The molecule has 0 aliphatic rings. The van der Waals surface area contributed by atoms with Crippen molar-refractivity contribution in [2.75, 3.05) is 13.7 Å². The predicted molar refractivity (Wildman–Crippen MR) is 42.9 cm³/mol. The van der Waals surface area contributed by atoms with E-state index in [0.29, 0.717) is 0 Å². The minimum atomic E-state index is -0.636. The third-order valence-electron chi connectivity index (χ3n) is 1.49. The van der Waals surface area contributed by atoms with E-state index in [1.165, 1.54) is 17.9 Å². The molecule has 0 amide bonds. The molecule has 0 bridgehead atoms. The number of hydrogen-bond acceptors (Lipinski definition) is 3. The molecule has 0 fully saturated rings. The third kappa shape index (κ3) is 2.21. The summed E-state index contributed by atoms with van der Waals surface area (Å²) in [5, 5.41) is 9.25. The van der Waals surface area contributed by atoms with E-state index in [9.17, 15) is 9.90 Å². The van der Waals surface area contributed by atoms with Crippen LogP contribution in [0.1, 0.15) is 0 Å². The van der Waals surface area contributed by atoms with Crippen molar-refractivity contribution in [3.63, 3.8) is 0 Å². The fourth-order valence-corrected chi connectivity index (χ4v) is 0.965. The SMILES string of the molecule is COCC(O)Cn1cc[nH]c1=O. The summed E-state index contributed by atoms with van der Waals surface area (Å²) in [7, 11) is 1.50. The smallest absolute Gasteiger partial charge is 0.325 e. The van der Waals surface area contributed by atoms with E-state index in [4.69, 9.17) is 4.74 Å². The van der Waals surface area contributed by atoms with Crippen LogP contribution in [0.3, 0.4) is 0 Å². The summed E-state index contributed by atoms with van der Waals surface area (Å²) in [6.07, 6.45) is 2.48. The summed E-state index contributed by atoms with van der Waals surface area (Å²) in [6, 6.07) is 0. The molecule has 1 unspecified atom stereocenters. The fraction of sp³-hybridized carbons (Fsp3) is 0.571. The van der Waals surface area contributed by atoms with E-state index < -0.39 is 6.10 Å². The number of imidazole rings is 1. The minimum absolute atomic E-state index is 0.217. The second-order valence-electron chi connectivity index (χ2n) is 2.53. The lowest BCUT2D eigenvalue weighted by molar-refractivity contribution is 0.0531. The van der Waals surface area contributed by atoms with Gasteiger partial charge in [-0.3, -0.25) is 4.57 Å². The van der Waals surface area contributed by atoms with Gasteiger partial charge in [0.05, 0.1) is 19.3 Å². The molecule has 5 nitrogen and oxygen atoms in total. The van der Waals surface area contributed by atoms with Crippen LogP contribution in [-0.2, 0) is 11.3 Å². The van der Waals surface area contributed by atoms with Crippen LogP contribution in [0, 0.1) is 0 Å². The molecule has 1 rings (SSSR count). The molecule has 0 aliphatic heterocycles. The second kappa shape index (κ2) is 4.08. The number of methoxy groups -OCH3 is 1. The maximum absolute atomic E-state index is 10.9. The van der Waals surface area contributed by atoms with Gasteiger partial charge in [0.15, 0.2) is 0 Å². The summed E-state index contributed by atoms with van der Waals surface area (Å²) >= 11 is 0. The topological polar surface area (TPSA) is 67.2 Å². The summed E-state index contributed by atoms with van der Waals surface area (Å²) in [6.45, 7) is 0.494. The van der Waals surface area contributed by atoms with Gasteiger partial charge in [-0.2, -0.15) is 0 Å². The lowest BCUT2D eigenvalue weighted by Gasteiger charge is -2.08. The van der Waals surface area contributed by atoms with Crippen LogP contribution in [0.2, 0.25) is 0 Å². The zero-order valence-electron chi connectivity index (χ0n) is 6.86. The molecule has 1 aromatic rings. The van der Waals surface area contributed by atoms with Crippen molar-refractivity contribution in [3.8, 4) is 0 Å². The van der Waals surface area contributed by atoms with Crippen LogP contribution in [0.5, 0.6) is 0 Å². The van der Waals surface area contributed by atoms with E-state index in [0.717, 1.165) is 0 Å². The van der Waals surface area contributed by atoms with Gasteiger partial charge >= 0.3 is 5.69 Å². The lowest BCUT2D eigenvalue weighted by Crippen LogP contribution is -2.27. The molecule has 5 heteroatoms. The number of aromatic amines is 1. The zero-order valence-corrected chi connectivity index (χ0v) is 6.86. The molecular formula is C7H12N2O3. The van der Waals surface area contributed by atoms with Gasteiger partial charge in [-0.25, -0.2) is 4.79 Å². The van der Waals surface area contributed by atoms with Crippen molar-refractivity contribution in [1.82, 2.24) is 9.55 Å². The molecule has 0 radical (unpaired) electrons. The molecule has 68 valence electrons. The Bertz CT molecular complexity index is 278. The molecule has 0 saturated heterocycles. The zero-order chi connectivity index (χ0) is 8.97. The van der Waals surface area contributed by atoms with Crippen molar-refractivity contribution in [3.05, 3.63) is 22.9 Å². The van der Waals surface area contributed by atoms with Crippen molar-refractivity contribution in [1.29, 1.82) is 0 Å². The van der Waals surface area contributed by atoms with Crippen LogP contribution in [0.4, 0.5) is 0 Å². The summed E-state index contributed by atoms with van der Waals surface area (Å²) in [5.74, 6) is 0. The Balaban J connectivity index is 2.52. The average Bonchev–Trinajstić information content (AvgIpc) is 2.37. The van der Waals surface area contributed by atoms with E-state index in [2.05, 4.69) is 4.98 Å². The molecule has 12 heavy (non-hydrogen) atoms. The Morgan fingerprint density at radius 2 is 2.58 bits per heavy atom. The average molecular weight is 172 g/mol. The van der Waals surface area contributed by atoms with Gasteiger partial charge in [-0.15, -0.1) is 0 Å². The molecular weight excluding hydrogens is 160 g/mol. The van der Waals surface area contributed by atoms with E-state index in [1.54, 1.807) is 6.20 Å². The highest BCUT2D eigenvalue weighted by atomic mass is 16.5. The van der Waals surface area contributed by atoms with Crippen LogP contribution in [-0.4, -0.2) is 34.5 Å². The maximum Gasteiger partial charge on any atom is 0.325 e. The normalized spacial score (nSPS) is 13.2. The first-order valence-electron chi connectivity index (χ1n) is 3.65. The maximum atomic E-state index is 10.9. The number of rotatable bonds is 4. The van der Waals surface area contributed by atoms with Gasteiger partial charge in [0.2, 0.25) is 0 Å². The van der Waals surface area contributed by atoms with Gasteiger partial charge in [0, 0.05) is 19.5 Å². The fourth-order valence-electron chi connectivity index (χ4n) is 0.965. The number of aromatic nitrogens is 2. The monoisotopic (exact) mass is 172 g/mol. The van der Waals surface area contributed by atoms with Crippen molar-refractivity contribution in [2.45, 2.75) is 12.6 Å². The molecule has 1 atom stereocenters. The number of aliphatic hydroxyl groups is 1. The molecule has 2 N–H and O–H groups in total. The largest absolute Gasteiger partial charge is 0.389 e. The first-order valence-corrected chi connectivity index (χ1v) is 3.65. The standard InChI is InChI=1S/C7H12N2O3/c1-12-5-6(10)4-9-3-2-8-7(9)11/h2-3,6,10H,4-5H2,1H3,(H,8,11). The molecule has 0 saturated carbocycles. The Kier molecular flexibility index (Phi) is 3.07. The number of aliphatic hydroxyl groups excluding tert-OH is 1. The van der Waals surface area contributed by atoms with E-state index >= 15 is 0 Å². The van der Waals surface area contributed by atoms with Crippen LogP contribution in [0.25, 0.3) is 0 Å². The first kappa shape index (κ1) is 9.02. The summed E-state index contributed by atoms with van der Waals surface area (Å²) in [5.41, 5.74) is -0.217. The van der Waals surface area contributed by atoms with Crippen LogP contribution < -0.4 is 5.69 Å². The summed E-state index contributed by atoms with van der Waals surface area (Å²) < 4.78 is 6.11. The molecule has 0 aromatic carbocycles. The number of H-pyrrole nitrogens is 1. The number of nitrogens with one attached hydrogen (secondary N) is 1. The van der Waals surface area contributed by atoms with Gasteiger partial charge in [-0.05, 0) is 0 Å². The number of nitrogens with zero attached hydrogens (tertiary/aromatic N) is 1. The molecule has 0 spiro atoms. The Hall–Kier alpha value is -1.07. The van der Waals surface area contributed by atoms with Crippen LogP contribution >= 0.6 is 0 Å². The molecule has 1 aromatic heterocycles. The highest BCUT2D eigenvalue weighted by Crippen LogP contribution is 1.88. The highest BCUT2D eigenvalue weighted by molar-refractivity contribution is 4.76. The van der Waals surface area contributed by atoms with Gasteiger partial charge in [-0.1, -0.05) is 0 Å². The minimum Gasteiger partial charge on any atom is -0.389 e. The Labute approximate surface area is 69.6 Å². The Morgan fingerprint density at radius 1 is 1.83 bits per heavy atom. The highest BCUT2D eigenvalue weighted by Gasteiger charge is 2.05. The first-order chi connectivity index (χ1) is 5.74. The van der Waals surface area contributed by atoms with Gasteiger partial charge in [0.1, 0.15) is 0 Å². The molecule has 0 aliphatic carbocycles. The Morgan fingerprint density at radius 3 is 3.08 bits per heavy atom. The van der Waals surface area contributed by atoms with E-state index in [-0.39, 0.29) is 18.8 Å². The predicted octanol–water partition coefficient (Wildman–Crippen LogP) is -0.816. The van der Waals surface area contributed by atoms with Crippen molar-refractivity contribution >= 4 is 0 Å². The number of hydrogen-bond donors (Lipinski definition) is 2. The van der Waals surface area contributed by atoms with Gasteiger partial charge in [0.25, 0.3) is 0 Å². The van der Waals surface area contributed by atoms with Crippen molar-refractivity contribution in [2.24, 2.45) is 0 Å². The summed E-state index contributed by atoms with van der Waals surface area (Å²) in [4.78, 5) is 13.4. The van der Waals surface area contributed by atoms with Crippen LogP contribution in [0.15, 0.2) is 17.2 Å². The van der Waals surface area contributed by atoms with E-state index in [1.807, 2.05) is 0 Å². The van der Waals surface area contributed by atoms with Gasteiger partial charge < -0.3 is 14.8 Å². The second-order valence-corrected chi connectivity index (χ2v) is 2.53. The third-order valence-corrected chi connectivity index (χ3v) is 1.49.